The minimum atomic E-state index is 0.423. The van der Waals surface area contributed by atoms with Gasteiger partial charge in [-0.2, -0.15) is 0 Å². The Kier molecular flexibility index (Phi) is 2.89. The number of nitrogens with two attached hydrogens (primary N) is 1. The zero-order valence-electron chi connectivity index (χ0n) is 10.6. The summed E-state index contributed by atoms with van der Waals surface area (Å²) in [4.78, 5) is 4.52. The van der Waals surface area contributed by atoms with Gasteiger partial charge < -0.3 is 10.5 Å². The smallest absolute Gasteiger partial charge is 0.185 e. The van der Waals surface area contributed by atoms with Crippen molar-refractivity contribution in [3.63, 3.8) is 0 Å². The van der Waals surface area contributed by atoms with Crippen molar-refractivity contribution < 1.29 is 4.74 Å². The van der Waals surface area contributed by atoms with Gasteiger partial charge >= 0.3 is 0 Å². The molecule has 0 bridgehead atoms. The molecule has 19 heavy (non-hydrogen) atoms. The van der Waals surface area contributed by atoms with E-state index in [0.717, 1.165) is 22.7 Å². The molecule has 0 aliphatic rings. The molecule has 0 aliphatic carbocycles. The van der Waals surface area contributed by atoms with E-state index in [2.05, 4.69) is 10.1 Å². The van der Waals surface area contributed by atoms with Crippen molar-refractivity contribution in [3.8, 4) is 17.1 Å². The minimum Gasteiger partial charge on any atom is -0.496 e. The Balaban J connectivity index is 2.21. The molecule has 0 spiro atoms. The number of ether oxygens (including phenoxy) is 1. The van der Waals surface area contributed by atoms with E-state index < -0.39 is 0 Å². The first-order valence-electron chi connectivity index (χ1n) is 6.01. The lowest BCUT2D eigenvalue weighted by molar-refractivity contribution is 0.416. The summed E-state index contributed by atoms with van der Waals surface area (Å²) >= 11 is 0. The van der Waals surface area contributed by atoms with Gasteiger partial charge in [-0.25, -0.2) is 9.50 Å². The summed E-state index contributed by atoms with van der Waals surface area (Å²) in [6.45, 7) is 0.423. The highest BCUT2D eigenvalue weighted by Gasteiger charge is 2.12. The molecule has 0 unspecified atom stereocenters. The van der Waals surface area contributed by atoms with Gasteiger partial charge in [-0.3, -0.25) is 0 Å². The molecule has 2 N–H and O–H groups in total. The fourth-order valence-corrected chi connectivity index (χ4v) is 2.06. The molecule has 0 aliphatic heterocycles. The number of nitrogens with zero attached hydrogens (tertiary/aromatic N) is 3. The van der Waals surface area contributed by atoms with E-state index >= 15 is 0 Å². The topological polar surface area (TPSA) is 65.4 Å². The van der Waals surface area contributed by atoms with Crippen molar-refractivity contribution in [1.82, 2.24) is 14.6 Å². The fourth-order valence-electron chi connectivity index (χ4n) is 2.06. The number of pyridine rings is 1. The van der Waals surface area contributed by atoms with Gasteiger partial charge in [0.25, 0.3) is 0 Å². The molecule has 5 heteroatoms. The van der Waals surface area contributed by atoms with E-state index in [0.29, 0.717) is 12.4 Å². The first kappa shape index (κ1) is 11.7. The van der Waals surface area contributed by atoms with Gasteiger partial charge in [-0.1, -0.05) is 18.2 Å². The molecule has 5 nitrogen and oxygen atoms in total. The highest BCUT2D eigenvalue weighted by Crippen LogP contribution is 2.27. The lowest BCUT2D eigenvalue weighted by Crippen LogP contribution is -2.04. The number of methoxy groups -OCH3 is 1. The maximum Gasteiger partial charge on any atom is 0.185 e. The van der Waals surface area contributed by atoms with Crippen LogP contribution < -0.4 is 10.5 Å². The van der Waals surface area contributed by atoms with Gasteiger partial charge in [0.05, 0.1) is 18.4 Å². The van der Waals surface area contributed by atoms with Crippen LogP contribution in [0.1, 0.15) is 5.69 Å². The number of fused-ring (bicyclic) bond motifs is 1. The highest BCUT2D eigenvalue weighted by atomic mass is 16.5. The molecule has 0 radical (unpaired) electrons. The van der Waals surface area contributed by atoms with Crippen LogP contribution in [0.3, 0.4) is 0 Å². The van der Waals surface area contributed by atoms with E-state index in [1.54, 1.807) is 11.6 Å². The number of rotatable bonds is 3. The number of hydrogen-bond donors (Lipinski definition) is 1. The van der Waals surface area contributed by atoms with Gasteiger partial charge in [-0.15, -0.1) is 5.10 Å². The van der Waals surface area contributed by atoms with Crippen molar-refractivity contribution in [1.29, 1.82) is 0 Å². The highest BCUT2D eigenvalue weighted by molar-refractivity contribution is 5.65. The van der Waals surface area contributed by atoms with Crippen LogP contribution >= 0.6 is 0 Å². The molecular formula is C14H14N4O. The molecule has 96 valence electrons. The summed E-state index contributed by atoms with van der Waals surface area (Å²) in [5, 5.41) is 4.51. The third-order valence-electron chi connectivity index (χ3n) is 3.00. The molecule has 0 atom stereocenters. The molecule has 0 amide bonds. The lowest BCUT2D eigenvalue weighted by Gasteiger charge is -2.03. The fraction of sp³-hybridized carbons (Fsp3) is 0.143. The number of benzene rings is 1. The monoisotopic (exact) mass is 254 g/mol. The molecule has 2 heterocycles. The lowest BCUT2D eigenvalue weighted by atomic mass is 10.2. The van der Waals surface area contributed by atoms with Crippen LogP contribution in [0.15, 0.2) is 42.5 Å². The maximum atomic E-state index is 5.71. The van der Waals surface area contributed by atoms with Crippen LogP contribution in [0, 0.1) is 0 Å². The zero-order valence-corrected chi connectivity index (χ0v) is 10.6. The first-order chi connectivity index (χ1) is 9.33. The summed E-state index contributed by atoms with van der Waals surface area (Å²) in [7, 11) is 1.64. The quantitative estimate of drug-likeness (QED) is 0.774. The van der Waals surface area contributed by atoms with E-state index in [4.69, 9.17) is 10.5 Å². The Hall–Kier alpha value is -2.40. The Morgan fingerprint density at radius 2 is 2.00 bits per heavy atom. The second-order valence-electron chi connectivity index (χ2n) is 4.13. The third-order valence-corrected chi connectivity index (χ3v) is 3.00. The van der Waals surface area contributed by atoms with Crippen molar-refractivity contribution in [2.45, 2.75) is 6.54 Å². The number of aromatic nitrogens is 3. The Bertz CT molecular complexity index is 720. The SMILES string of the molecule is COc1ccccc1-c1nc2cccc(CN)n2n1. The van der Waals surface area contributed by atoms with Gasteiger partial charge in [0.2, 0.25) is 0 Å². The van der Waals surface area contributed by atoms with Crippen LogP contribution in [0.4, 0.5) is 0 Å². The first-order valence-corrected chi connectivity index (χ1v) is 6.01. The van der Waals surface area contributed by atoms with Gasteiger partial charge in [0.1, 0.15) is 5.75 Å². The molecule has 1 aromatic carbocycles. The molecule has 3 aromatic rings. The summed E-state index contributed by atoms with van der Waals surface area (Å²) in [6, 6.07) is 13.5. The Labute approximate surface area is 110 Å². The molecule has 3 rings (SSSR count). The van der Waals surface area contributed by atoms with Crippen molar-refractivity contribution >= 4 is 5.65 Å². The zero-order chi connectivity index (χ0) is 13.2. The second-order valence-corrected chi connectivity index (χ2v) is 4.13. The number of hydrogen-bond acceptors (Lipinski definition) is 4. The van der Waals surface area contributed by atoms with E-state index in [9.17, 15) is 0 Å². The average molecular weight is 254 g/mol. The normalized spacial score (nSPS) is 10.8. The van der Waals surface area contributed by atoms with Crippen LogP contribution in [-0.4, -0.2) is 21.7 Å². The summed E-state index contributed by atoms with van der Waals surface area (Å²) < 4.78 is 7.10. The van der Waals surface area contributed by atoms with E-state index in [1.165, 1.54) is 0 Å². The predicted molar refractivity (Wildman–Crippen MR) is 72.9 cm³/mol. The predicted octanol–water partition coefficient (Wildman–Crippen LogP) is 1.86. The minimum absolute atomic E-state index is 0.423. The van der Waals surface area contributed by atoms with Gasteiger partial charge in [0, 0.05) is 6.54 Å². The maximum absolute atomic E-state index is 5.71. The standard InChI is InChI=1S/C14H14N4O/c1-19-12-7-3-2-6-11(12)14-16-13-8-4-5-10(9-15)18(13)17-14/h2-8H,9,15H2,1H3. The number of para-hydroxylation sites is 1. The summed E-state index contributed by atoms with van der Waals surface area (Å²) in [5.41, 5.74) is 8.28. The van der Waals surface area contributed by atoms with Crippen LogP contribution in [-0.2, 0) is 6.54 Å². The largest absolute Gasteiger partial charge is 0.496 e. The van der Waals surface area contributed by atoms with Gasteiger partial charge in [0.15, 0.2) is 11.5 Å². The van der Waals surface area contributed by atoms with Crippen molar-refractivity contribution in [2.24, 2.45) is 5.73 Å². The van der Waals surface area contributed by atoms with Crippen LogP contribution in [0.5, 0.6) is 5.75 Å². The summed E-state index contributed by atoms with van der Waals surface area (Å²) in [6.07, 6.45) is 0. The summed E-state index contributed by atoms with van der Waals surface area (Å²) in [5.74, 6) is 1.39. The molecule has 0 saturated carbocycles. The Morgan fingerprint density at radius 3 is 2.79 bits per heavy atom. The molecule has 0 saturated heterocycles. The second kappa shape index (κ2) is 4.70. The third kappa shape index (κ3) is 1.94. The van der Waals surface area contributed by atoms with E-state index in [-0.39, 0.29) is 0 Å². The van der Waals surface area contributed by atoms with Gasteiger partial charge in [-0.05, 0) is 24.3 Å². The Morgan fingerprint density at radius 1 is 1.16 bits per heavy atom. The van der Waals surface area contributed by atoms with Crippen LogP contribution in [0.2, 0.25) is 0 Å². The van der Waals surface area contributed by atoms with Crippen molar-refractivity contribution in [3.05, 3.63) is 48.2 Å². The molecule has 0 fully saturated rings. The average Bonchev–Trinajstić information content (AvgIpc) is 2.90. The van der Waals surface area contributed by atoms with Crippen LogP contribution in [0.25, 0.3) is 17.0 Å². The van der Waals surface area contributed by atoms with E-state index in [1.807, 2.05) is 42.5 Å². The van der Waals surface area contributed by atoms with Crippen molar-refractivity contribution in [2.75, 3.05) is 7.11 Å². The molecular weight excluding hydrogens is 240 g/mol. The molecule has 2 aromatic heterocycles.